The van der Waals surface area contributed by atoms with Crippen LogP contribution in [-0.4, -0.2) is 19.3 Å². The third-order valence-electron chi connectivity index (χ3n) is 4.24. The van der Waals surface area contributed by atoms with E-state index in [9.17, 15) is 5.11 Å². The largest absolute Gasteiger partial charge is 0.393 e. The fourth-order valence-corrected chi connectivity index (χ4v) is 4.17. The van der Waals surface area contributed by atoms with Crippen molar-refractivity contribution in [3.8, 4) is 0 Å². The first-order valence-corrected chi connectivity index (χ1v) is 9.40. The highest BCUT2D eigenvalue weighted by atomic mass is 28.3. The molecule has 0 unspecified atom stereocenters. The zero-order chi connectivity index (χ0) is 10.8. The fraction of sp³-hybridized carbons (Fsp3) is 1.00. The van der Waals surface area contributed by atoms with Crippen molar-refractivity contribution in [1.29, 1.82) is 0 Å². The van der Waals surface area contributed by atoms with Gasteiger partial charge in [0.15, 0.2) is 0 Å². The Morgan fingerprint density at radius 1 is 1.21 bits per heavy atom. The Bertz CT molecular complexity index is 171. The van der Waals surface area contributed by atoms with Crippen LogP contribution in [0.2, 0.25) is 24.7 Å². The van der Waals surface area contributed by atoms with E-state index in [-0.39, 0.29) is 6.10 Å². The highest BCUT2D eigenvalue weighted by Gasteiger charge is 2.32. The molecule has 0 aromatic carbocycles. The lowest BCUT2D eigenvalue weighted by atomic mass is 10.0. The lowest BCUT2D eigenvalue weighted by molar-refractivity contribution is 0.127. The van der Waals surface area contributed by atoms with Crippen molar-refractivity contribution < 1.29 is 5.11 Å². The topological polar surface area (TPSA) is 20.2 Å². The van der Waals surface area contributed by atoms with Gasteiger partial charge in [0.1, 0.15) is 0 Å². The maximum Gasteiger partial charge on any atom is 0.0545 e. The molecule has 0 saturated heterocycles. The summed E-state index contributed by atoms with van der Waals surface area (Å²) in [5.74, 6) is 0.625. The Morgan fingerprint density at radius 3 is 2.14 bits per heavy atom. The Labute approximate surface area is 89.9 Å². The average Bonchev–Trinajstić information content (AvgIpc) is 2.54. The maximum absolute atomic E-state index is 10.2. The molecule has 1 rings (SSSR count). The van der Waals surface area contributed by atoms with Crippen molar-refractivity contribution in [2.45, 2.75) is 70.3 Å². The number of hydrogen-bond donors (Lipinski definition) is 1. The van der Waals surface area contributed by atoms with Gasteiger partial charge in [0.05, 0.1) is 14.2 Å². The molecule has 0 aromatic heterocycles. The molecule has 0 heterocycles. The minimum atomic E-state index is -1.16. The molecule has 1 N–H and O–H groups in total. The van der Waals surface area contributed by atoms with E-state index in [2.05, 4.69) is 26.9 Å². The van der Waals surface area contributed by atoms with Crippen LogP contribution < -0.4 is 0 Å². The van der Waals surface area contributed by atoms with Gasteiger partial charge < -0.3 is 5.11 Å². The second kappa shape index (κ2) is 4.80. The molecule has 1 fully saturated rings. The van der Waals surface area contributed by atoms with Gasteiger partial charge in [0.2, 0.25) is 0 Å². The Hall–Kier alpha value is 0.177. The van der Waals surface area contributed by atoms with Gasteiger partial charge in [-0.2, -0.15) is 0 Å². The molecule has 0 amide bonds. The summed E-state index contributed by atoms with van der Waals surface area (Å²) in [6.45, 7) is 9.45. The van der Waals surface area contributed by atoms with Crippen LogP contribution in [0.5, 0.6) is 0 Å². The minimum Gasteiger partial charge on any atom is -0.393 e. The third-order valence-corrected chi connectivity index (χ3v) is 8.84. The predicted molar refractivity (Wildman–Crippen MR) is 65.4 cm³/mol. The van der Waals surface area contributed by atoms with E-state index < -0.39 is 8.07 Å². The predicted octanol–water partition coefficient (Wildman–Crippen LogP) is 3.66. The number of hydrogen-bond acceptors (Lipinski definition) is 1. The van der Waals surface area contributed by atoms with Gasteiger partial charge in [-0.15, -0.1) is 0 Å². The Balaban J connectivity index is 2.42. The van der Waals surface area contributed by atoms with Crippen molar-refractivity contribution in [3.05, 3.63) is 0 Å². The highest BCUT2D eigenvalue weighted by Crippen LogP contribution is 2.34. The number of aliphatic hydroxyl groups is 1. The summed E-state index contributed by atoms with van der Waals surface area (Å²) in [4.78, 5) is 0. The molecule has 1 atom stereocenters. The van der Waals surface area contributed by atoms with Crippen molar-refractivity contribution in [2.24, 2.45) is 5.92 Å². The van der Waals surface area contributed by atoms with E-state index in [4.69, 9.17) is 0 Å². The standard InChI is InChI=1S/C12H26OSi/c1-10(2)14(3,4)9-12(13)11-7-5-6-8-11/h10-13H,5-9H2,1-4H3/t12-/m1/s1. The van der Waals surface area contributed by atoms with Gasteiger partial charge in [0.25, 0.3) is 0 Å². The van der Waals surface area contributed by atoms with E-state index in [1.165, 1.54) is 25.7 Å². The number of aliphatic hydroxyl groups excluding tert-OH is 1. The molecule has 1 nitrogen and oxygen atoms in total. The van der Waals surface area contributed by atoms with E-state index in [0.29, 0.717) is 5.92 Å². The van der Waals surface area contributed by atoms with E-state index in [0.717, 1.165) is 11.6 Å². The van der Waals surface area contributed by atoms with Crippen LogP contribution in [0.4, 0.5) is 0 Å². The lowest BCUT2D eigenvalue weighted by Crippen LogP contribution is -2.36. The van der Waals surface area contributed by atoms with Crippen LogP contribution in [0.25, 0.3) is 0 Å². The molecule has 0 radical (unpaired) electrons. The average molecular weight is 214 g/mol. The van der Waals surface area contributed by atoms with Crippen LogP contribution in [0.3, 0.4) is 0 Å². The quantitative estimate of drug-likeness (QED) is 0.708. The summed E-state index contributed by atoms with van der Waals surface area (Å²) < 4.78 is 0. The second-order valence-electron chi connectivity index (χ2n) is 5.96. The zero-order valence-corrected chi connectivity index (χ0v) is 11.2. The molecule has 1 aliphatic carbocycles. The molecule has 0 bridgehead atoms. The second-order valence-corrected chi connectivity index (χ2v) is 11.5. The van der Waals surface area contributed by atoms with Gasteiger partial charge in [-0.05, 0) is 24.8 Å². The van der Waals surface area contributed by atoms with E-state index in [1.54, 1.807) is 0 Å². The summed E-state index contributed by atoms with van der Waals surface area (Å²) in [6.07, 6.45) is 5.21. The van der Waals surface area contributed by atoms with Crippen LogP contribution in [0.1, 0.15) is 39.5 Å². The van der Waals surface area contributed by atoms with Crippen LogP contribution in [0.15, 0.2) is 0 Å². The van der Waals surface area contributed by atoms with E-state index in [1.807, 2.05) is 0 Å². The molecule has 0 spiro atoms. The molecule has 1 saturated carbocycles. The lowest BCUT2D eigenvalue weighted by Gasteiger charge is -2.31. The van der Waals surface area contributed by atoms with Gasteiger partial charge in [-0.3, -0.25) is 0 Å². The molecule has 1 aliphatic rings. The zero-order valence-electron chi connectivity index (χ0n) is 10.2. The summed E-state index contributed by atoms with van der Waals surface area (Å²) in [6, 6.07) is 1.11. The smallest absolute Gasteiger partial charge is 0.0545 e. The first kappa shape index (κ1) is 12.2. The van der Waals surface area contributed by atoms with Crippen molar-refractivity contribution in [3.63, 3.8) is 0 Å². The molecule has 2 heteroatoms. The molecular formula is C12H26OSi. The van der Waals surface area contributed by atoms with Crippen molar-refractivity contribution >= 4 is 8.07 Å². The molecular weight excluding hydrogens is 188 g/mol. The van der Waals surface area contributed by atoms with Crippen molar-refractivity contribution in [2.75, 3.05) is 0 Å². The SMILES string of the molecule is CC(C)[Si](C)(C)C[C@@H](O)C1CCCC1. The maximum atomic E-state index is 10.2. The van der Waals surface area contributed by atoms with Crippen LogP contribution in [0, 0.1) is 5.92 Å². The van der Waals surface area contributed by atoms with Crippen LogP contribution >= 0.6 is 0 Å². The summed E-state index contributed by atoms with van der Waals surface area (Å²) in [5.41, 5.74) is 0.790. The molecule has 0 aliphatic heterocycles. The number of rotatable bonds is 4. The minimum absolute atomic E-state index is 0.00145. The van der Waals surface area contributed by atoms with Gasteiger partial charge in [0, 0.05) is 0 Å². The van der Waals surface area contributed by atoms with Crippen molar-refractivity contribution in [1.82, 2.24) is 0 Å². The van der Waals surface area contributed by atoms with Gasteiger partial charge >= 0.3 is 0 Å². The van der Waals surface area contributed by atoms with Crippen LogP contribution in [-0.2, 0) is 0 Å². The van der Waals surface area contributed by atoms with Gasteiger partial charge in [-0.25, -0.2) is 0 Å². The first-order valence-electron chi connectivity index (χ1n) is 6.11. The monoisotopic (exact) mass is 214 g/mol. The summed E-state index contributed by atoms with van der Waals surface area (Å²) in [7, 11) is -1.16. The molecule has 14 heavy (non-hydrogen) atoms. The summed E-state index contributed by atoms with van der Waals surface area (Å²) in [5, 5.41) is 10.2. The fourth-order valence-electron chi connectivity index (χ4n) is 2.28. The summed E-state index contributed by atoms with van der Waals surface area (Å²) >= 11 is 0. The normalized spacial score (nSPS) is 21.9. The first-order chi connectivity index (χ1) is 6.43. The van der Waals surface area contributed by atoms with E-state index >= 15 is 0 Å². The Kier molecular flexibility index (Phi) is 4.20. The highest BCUT2D eigenvalue weighted by molar-refractivity contribution is 6.78. The van der Waals surface area contributed by atoms with Gasteiger partial charge in [-0.1, -0.05) is 45.3 Å². The Morgan fingerprint density at radius 2 is 1.71 bits per heavy atom. The molecule has 0 aromatic rings. The third kappa shape index (κ3) is 3.09. The molecule has 84 valence electrons.